The van der Waals surface area contributed by atoms with E-state index in [1.165, 1.54) is 0 Å². The second-order valence-corrected chi connectivity index (χ2v) is 9.23. The van der Waals surface area contributed by atoms with Crippen LogP contribution in [-0.2, 0) is 0 Å². The van der Waals surface area contributed by atoms with E-state index in [0.29, 0.717) is 6.54 Å². The van der Waals surface area contributed by atoms with Gasteiger partial charge in [-0.15, -0.1) is 0 Å². The predicted octanol–water partition coefficient (Wildman–Crippen LogP) is 3.04. The molecule has 26 heavy (non-hydrogen) atoms. The third-order valence-corrected chi connectivity index (χ3v) is 6.76. The Kier molecular flexibility index (Phi) is 6.65. The van der Waals surface area contributed by atoms with Crippen LogP contribution >= 0.6 is 11.8 Å². The highest BCUT2D eigenvalue weighted by atomic mass is 32.2. The second kappa shape index (κ2) is 8.77. The Hall–Kier alpha value is -1.04. The smallest absolute Gasteiger partial charge is 0.253 e. The Balaban J connectivity index is 1.69. The largest absolute Gasteiger partial charge is 0.392 e. The summed E-state index contributed by atoms with van der Waals surface area (Å²) in [7, 11) is 0. The summed E-state index contributed by atoms with van der Waals surface area (Å²) < 4.78 is 0. The van der Waals surface area contributed by atoms with Crippen LogP contribution in [0.15, 0.2) is 24.3 Å². The summed E-state index contributed by atoms with van der Waals surface area (Å²) in [6.07, 6.45) is 2.52. The fourth-order valence-electron chi connectivity index (χ4n) is 4.46. The van der Waals surface area contributed by atoms with Crippen LogP contribution in [0.2, 0.25) is 0 Å². The molecule has 0 radical (unpaired) electrons. The molecular formula is C21H32N2O2S. The SMILES string of the molecule is CCSCCN1CC[C@@H](O)[C@]2(CCCN(C(=O)c3cccc(C)c3)C2)C1. The average Bonchev–Trinajstić information content (AvgIpc) is 2.64. The first-order valence-electron chi connectivity index (χ1n) is 9.88. The summed E-state index contributed by atoms with van der Waals surface area (Å²) in [5.41, 5.74) is 1.72. The lowest BCUT2D eigenvalue weighted by molar-refractivity contribution is -0.0773. The fourth-order valence-corrected chi connectivity index (χ4v) is 5.14. The number of aryl methyl sites for hydroxylation is 1. The van der Waals surface area contributed by atoms with Gasteiger partial charge in [0.15, 0.2) is 0 Å². The third kappa shape index (κ3) is 4.44. The lowest BCUT2D eigenvalue weighted by Crippen LogP contribution is -2.60. The molecule has 5 heteroatoms. The predicted molar refractivity (Wildman–Crippen MR) is 109 cm³/mol. The number of rotatable bonds is 5. The van der Waals surface area contributed by atoms with E-state index in [1.54, 1.807) is 0 Å². The number of hydrogen-bond donors (Lipinski definition) is 1. The molecule has 2 fully saturated rings. The Morgan fingerprint density at radius 2 is 2.19 bits per heavy atom. The van der Waals surface area contributed by atoms with Crippen LogP contribution in [0.5, 0.6) is 0 Å². The first-order valence-corrected chi connectivity index (χ1v) is 11.0. The van der Waals surface area contributed by atoms with E-state index in [1.807, 2.05) is 47.9 Å². The van der Waals surface area contributed by atoms with E-state index in [9.17, 15) is 9.90 Å². The van der Waals surface area contributed by atoms with Crippen molar-refractivity contribution in [2.45, 2.75) is 39.2 Å². The molecule has 4 nitrogen and oxygen atoms in total. The van der Waals surface area contributed by atoms with Crippen LogP contribution in [0.3, 0.4) is 0 Å². The average molecular weight is 377 g/mol. The number of hydrogen-bond acceptors (Lipinski definition) is 4. The lowest BCUT2D eigenvalue weighted by atomic mass is 9.71. The normalized spacial score (nSPS) is 27.0. The Morgan fingerprint density at radius 1 is 1.35 bits per heavy atom. The molecule has 2 saturated heterocycles. The molecular weight excluding hydrogens is 344 g/mol. The monoisotopic (exact) mass is 376 g/mol. The number of benzene rings is 1. The molecule has 1 aromatic rings. The summed E-state index contributed by atoms with van der Waals surface area (Å²) in [4.78, 5) is 17.5. The van der Waals surface area contributed by atoms with Gasteiger partial charge in [-0.3, -0.25) is 4.79 Å². The van der Waals surface area contributed by atoms with Crippen LogP contribution in [0.1, 0.15) is 42.1 Å². The van der Waals surface area contributed by atoms with Crippen molar-refractivity contribution < 1.29 is 9.90 Å². The molecule has 0 unspecified atom stereocenters. The second-order valence-electron chi connectivity index (χ2n) is 7.84. The zero-order valence-electron chi connectivity index (χ0n) is 16.1. The van der Waals surface area contributed by atoms with Gasteiger partial charge < -0.3 is 14.9 Å². The van der Waals surface area contributed by atoms with Crippen LogP contribution < -0.4 is 0 Å². The maximum atomic E-state index is 13.0. The molecule has 0 aromatic heterocycles. The summed E-state index contributed by atoms with van der Waals surface area (Å²) in [6, 6.07) is 7.84. The van der Waals surface area contributed by atoms with Gasteiger partial charge in [-0.1, -0.05) is 24.6 Å². The van der Waals surface area contributed by atoms with Crippen molar-refractivity contribution in [3.8, 4) is 0 Å². The van der Waals surface area contributed by atoms with Crippen LogP contribution in [0, 0.1) is 12.3 Å². The highest BCUT2D eigenvalue weighted by Gasteiger charge is 2.46. The van der Waals surface area contributed by atoms with Gasteiger partial charge in [-0.25, -0.2) is 0 Å². The van der Waals surface area contributed by atoms with Gasteiger partial charge in [0.2, 0.25) is 0 Å². The number of carbonyl (C=O) groups is 1. The lowest BCUT2D eigenvalue weighted by Gasteiger charge is -2.51. The first kappa shape index (κ1) is 19.7. The standard InChI is InChI=1S/C21H32N2O2S/c1-3-26-13-12-22-11-8-19(24)21(15-22)9-5-10-23(16-21)20(25)18-7-4-6-17(2)14-18/h4,6-7,14,19,24H,3,5,8-13,15-16H2,1-2H3/t19-,21-/m1/s1. The molecule has 0 aliphatic carbocycles. The number of carbonyl (C=O) groups excluding carboxylic acids is 1. The topological polar surface area (TPSA) is 43.8 Å². The van der Waals surface area contributed by atoms with Gasteiger partial charge in [0.05, 0.1) is 6.10 Å². The zero-order valence-corrected chi connectivity index (χ0v) is 16.9. The molecule has 2 heterocycles. The fraction of sp³-hybridized carbons (Fsp3) is 0.667. The van der Waals surface area contributed by atoms with E-state index in [-0.39, 0.29) is 17.4 Å². The Labute approximate surface area is 161 Å². The molecule has 1 N–H and O–H groups in total. The number of aliphatic hydroxyl groups is 1. The summed E-state index contributed by atoms with van der Waals surface area (Å²) in [6.45, 7) is 8.66. The van der Waals surface area contributed by atoms with Crippen molar-refractivity contribution in [1.82, 2.24) is 9.80 Å². The maximum Gasteiger partial charge on any atom is 0.253 e. The minimum atomic E-state index is -0.300. The quantitative estimate of drug-likeness (QED) is 0.802. The van der Waals surface area contributed by atoms with E-state index < -0.39 is 0 Å². The molecule has 0 saturated carbocycles. The van der Waals surface area contributed by atoms with Crippen LogP contribution in [-0.4, -0.2) is 71.1 Å². The molecule has 2 atom stereocenters. The van der Waals surface area contributed by atoms with E-state index >= 15 is 0 Å². The van der Waals surface area contributed by atoms with E-state index in [4.69, 9.17) is 0 Å². The molecule has 1 aromatic carbocycles. The number of piperidine rings is 2. The van der Waals surface area contributed by atoms with Gasteiger partial charge in [0.1, 0.15) is 0 Å². The van der Waals surface area contributed by atoms with Crippen molar-refractivity contribution in [1.29, 1.82) is 0 Å². The zero-order chi connectivity index (χ0) is 18.6. The van der Waals surface area contributed by atoms with Gasteiger partial charge >= 0.3 is 0 Å². The van der Waals surface area contributed by atoms with Crippen LogP contribution in [0.4, 0.5) is 0 Å². The van der Waals surface area contributed by atoms with E-state index in [0.717, 1.165) is 68.1 Å². The number of thioether (sulfide) groups is 1. The van der Waals surface area contributed by atoms with Gasteiger partial charge in [-0.05, 0) is 44.1 Å². The summed E-state index contributed by atoms with van der Waals surface area (Å²) in [5.74, 6) is 2.41. The van der Waals surface area contributed by atoms with Crippen molar-refractivity contribution in [3.05, 3.63) is 35.4 Å². The molecule has 1 amide bonds. The summed E-state index contributed by atoms with van der Waals surface area (Å²) >= 11 is 1.97. The van der Waals surface area contributed by atoms with E-state index in [2.05, 4.69) is 11.8 Å². The minimum absolute atomic E-state index is 0.110. The summed E-state index contributed by atoms with van der Waals surface area (Å²) in [5, 5.41) is 10.8. The highest BCUT2D eigenvalue weighted by Crippen LogP contribution is 2.39. The maximum absolute atomic E-state index is 13.0. The molecule has 2 aliphatic heterocycles. The van der Waals surface area contributed by atoms with Gasteiger partial charge in [0.25, 0.3) is 5.91 Å². The Bertz CT molecular complexity index is 624. The molecule has 144 valence electrons. The molecule has 3 rings (SSSR count). The number of nitrogens with zero attached hydrogens (tertiary/aromatic N) is 2. The third-order valence-electron chi connectivity index (χ3n) is 5.88. The van der Waals surface area contributed by atoms with Crippen molar-refractivity contribution in [2.75, 3.05) is 44.2 Å². The van der Waals surface area contributed by atoms with Gasteiger partial charge in [0, 0.05) is 49.5 Å². The van der Waals surface area contributed by atoms with Crippen LogP contribution in [0.25, 0.3) is 0 Å². The minimum Gasteiger partial charge on any atom is -0.392 e. The Morgan fingerprint density at radius 3 is 2.96 bits per heavy atom. The highest BCUT2D eigenvalue weighted by molar-refractivity contribution is 7.99. The van der Waals surface area contributed by atoms with Crippen molar-refractivity contribution >= 4 is 17.7 Å². The van der Waals surface area contributed by atoms with Crippen molar-refractivity contribution in [3.63, 3.8) is 0 Å². The number of aliphatic hydroxyl groups excluding tert-OH is 1. The first-order chi connectivity index (χ1) is 12.5. The van der Waals surface area contributed by atoms with Crippen molar-refractivity contribution in [2.24, 2.45) is 5.41 Å². The molecule has 0 bridgehead atoms. The molecule has 2 aliphatic rings. The molecule has 1 spiro atoms. The van der Waals surface area contributed by atoms with Gasteiger partial charge in [-0.2, -0.15) is 11.8 Å². The number of likely N-dealkylation sites (tertiary alicyclic amines) is 2. The number of amides is 1.